The second-order valence-corrected chi connectivity index (χ2v) is 7.71. The molecule has 6 heteroatoms. The van der Waals surface area contributed by atoms with Gasteiger partial charge in [0, 0.05) is 31.7 Å². The molecule has 2 heterocycles. The first-order chi connectivity index (χ1) is 13.1. The van der Waals surface area contributed by atoms with Crippen molar-refractivity contribution in [2.75, 3.05) is 46.0 Å². The Morgan fingerprint density at radius 1 is 1.37 bits per heavy atom. The van der Waals surface area contributed by atoms with Crippen molar-refractivity contribution in [2.45, 2.75) is 38.9 Å². The number of benzene rings is 1. The molecule has 3 atom stereocenters. The van der Waals surface area contributed by atoms with Gasteiger partial charge in [-0.2, -0.15) is 0 Å². The maximum Gasteiger partial charge on any atom is 0.194 e. The Kier molecular flexibility index (Phi) is 7.10. The molecule has 1 aromatic rings. The topological polar surface area (TPSA) is 66.3 Å². The van der Waals surface area contributed by atoms with Crippen molar-refractivity contribution in [3.63, 3.8) is 0 Å². The molecule has 0 radical (unpaired) electrons. The van der Waals surface area contributed by atoms with Crippen molar-refractivity contribution in [2.24, 2.45) is 10.4 Å². The average Bonchev–Trinajstić information content (AvgIpc) is 3.33. The molecule has 0 saturated carbocycles. The summed E-state index contributed by atoms with van der Waals surface area (Å²) in [5, 5.41) is 13.7. The molecule has 27 heavy (non-hydrogen) atoms. The van der Waals surface area contributed by atoms with Crippen molar-refractivity contribution >= 4 is 5.96 Å². The van der Waals surface area contributed by atoms with Gasteiger partial charge < -0.3 is 24.8 Å². The molecule has 3 rings (SSSR count). The van der Waals surface area contributed by atoms with Crippen LogP contribution >= 0.6 is 0 Å². The van der Waals surface area contributed by atoms with Crippen LogP contribution in [-0.4, -0.2) is 68.1 Å². The third-order valence-corrected chi connectivity index (χ3v) is 5.52. The molecule has 1 spiro atoms. The molecule has 3 unspecified atom stereocenters. The summed E-state index contributed by atoms with van der Waals surface area (Å²) in [7, 11) is 0. The fourth-order valence-corrected chi connectivity index (χ4v) is 3.83. The van der Waals surface area contributed by atoms with Crippen LogP contribution in [0, 0.1) is 5.41 Å². The van der Waals surface area contributed by atoms with Gasteiger partial charge in [0.2, 0.25) is 0 Å². The van der Waals surface area contributed by atoms with Gasteiger partial charge in [-0.15, -0.1) is 0 Å². The lowest BCUT2D eigenvalue weighted by atomic mass is 9.87. The van der Waals surface area contributed by atoms with Gasteiger partial charge in [-0.1, -0.05) is 30.3 Å². The Morgan fingerprint density at radius 2 is 2.19 bits per heavy atom. The highest BCUT2D eigenvalue weighted by Crippen LogP contribution is 2.38. The number of nitrogens with zero attached hydrogens (tertiary/aromatic N) is 2. The molecule has 0 aliphatic carbocycles. The van der Waals surface area contributed by atoms with E-state index in [9.17, 15) is 5.11 Å². The second-order valence-electron chi connectivity index (χ2n) is 7.71. The van der Waals surface area contributed by atoms with Crippen molar-refractivity contribution in [1.29, 1.82) is 0 Å². The number of aliphatic hydroxyl groups is 1. The van der Waals surface area contributed by atoms with Crippen LogP contribution in [0.5, 0.6) is 0 Å². The van der Waals surface area contributed by atoms with Crippen LogP contribution in [0.2, 0.25) is 0 Å². The number of ether oxygens (including phenoxy) is 2. The summed E-state index contributed by atoms with van der Waals surface area (Å²) in [5.41, 5.74) is 1.41. The predicted molar refractivity (Wildman–Crippen MR) is 107 cm³/mol. The van der Waals surface area contributed by atoms with Gasteiger partial charge in [-0.25, -0.2) is 0 Å². The highest BCUT2D eigenvalue weighted by atomic mass is 16.5. The fraction of sp³-hybridized carbons (Fsp3) is 0.667. The first kappa shape index (κ1) is 20.1. The number of nitrogens with one attached hydrogen (secondary N) is 1. The smallest absolute Gasteiger partial charge is 0.194 e. The molecule has 2 aliphatic rings. The standard InChI is InChI=1S/C21H33N3O3/c1-3-22-20(24-11-9-21(15-24)10-12-26-16-21)23-13-19(25)14-27-17(2)18-7-5-4-6-8-18/h4-8,17,19,25H,3,9-16H2,1-2H3,(H,22,23). The SMILES string of the molecule is CCNC(=NCC(O)COC(C)c1ccccc1)N1CCC2(CCOC2)C1. The summed E-state index contributed by atoms with van der Waals surface area (Å²) in [4.78, 5) is 6.97. The van der Waals surface area contributed by atoms with Crippen molar-refractivity contribution in [3.05, 3.63) is 35.9 Å². The Balaban J connectivity index is 1.49. The summed E-state index contributed by atoms with van der Waals surface area (Å²) >= 11 is 0. The first-order valence-electron chi connectivity index (χ1n) is 10.1. The van der Waals surface area contributed by atoms with Gasteiger partial charge in [0.1, 0.15) is 0 Å². The molecule has 2 aliphatic heterocycles. The van der Waals surface area contributed by atoms with E-state index in [2.05, 4.69) is 22.1 Å². The van der Waals surface area contributed by atoms with Gasteiger partial charge in [0.05, 0.1) is 32.0 Å². The van der Waals surface area contributed by atoms with E-state index in [1.54, 1.807) is 0 Å². The minimum atomic E-state index is -0.615. The van der Waals surface area contributed by atoms with Crippen LogP contribution in [0.3, 0.4) is 0 Å². The molecule has 0 bridgehead atoms. The number of guanidine groups is 1. The maximum absolute atomic E-state index is 10.3. The quantitative estimate of drug-likeness (QED) is 0.565. The lowest BCUT2D eigenvalue weighted by Gasteiger charge is -2.25. The molecule has 6 nitrogen and oxygen atoms in total. The van der Waals surface area contributed by atoms with E-state index >= 15 is 0 Å². The predicted octanol–water partition coefficient (Wildman–Crippen LogP) is 2.20. The Bertz CT molecular complexity index is 602. The van der Waals surface area contributed by atoms with Gasteiger partial charge in [-0.05, 0) is 32.3 Å². The third-order valence-electron chi connectivity index (χ3n) is 5.52. The van der Waals surface area contributed by atoms with Crippen LogP contribution in [-0.2, 0) is 9.47 Å². The third kappa shape index (κ3) is 5.43. The molecule has 2 saturated heterocycles. The van der Waals surface area contributed by atoms with Crippen molar-refractivity contribution in [1.82, 2.24) is 10.2 Å². The maximum atomic E-state index is 10.3. The summed E-state index contributed by atoms with van der Waals surface area (Å²) < 4.78 is 11.4. The largest absolute Gasteiger partial charge is 0.389 e. The highest BCUT2D eigenvalue weighted by Gasteiger charge is 2.42. The minimum absolute atomic E-state index is 0.0427. The van der Waals surface area contributed by atoms with E-state index in [-0.39, 0.29) is 12.7 Å². The molecule has 1 aromatic carbocycles. The fourth-order valence-electron chi connectivity index (χ4n) is 3.83. The van der Waals surface area contributed by atoms with Gasteiger partial charge in [-0.3, -0.25) is 4.99 Å². The van der Waals surface area contributed by atoms with Crippen LogP contribution in [0.1, 0.15) is 38.4 Å². The number of rotatable bonds is 7. The zero-order chi connectivity index (χ0) is 19.1. The van der Waals surface area contributed by atoms with Crippen LogP contribution < -0.4 is 5.32 Å². The number of hydrogen-bond donors (Lipinski definition) is 2. The minimum Gasteiger partial charge on any atom is -0.389 e. The monoisotopic (exact) mass is 375 g/mol. The van der Waals surface area contributed by atoms with E-state index in [0.717, 1.165) is 57.2 Å². The van der Waals surface area contributed by atoms with Gasteiger partial charge in [0.25, 0.3) is 0 Å². The normalized spacial score (nSPS) is 25.1. The van der Waals surface area contributed by atoms with E-state index in [4.69, 9.17) is 9.47 Å². The van der Waals surface area contributed by atoms with Crippen molar-refractivity contribution in [3.8, 4) is 0 Å². The Morgan fingerprint density at radius 3 is 2.89 bits per heavy atom. The second kappa shape index (κ2) is 9.53. The molecular weight excluding hydrogens is 342 g/mol. The Labute approximate surface area is 162 Å². The lowest BCUT2D eigenvalue weighted by Crippen LogP contribution is -2.42. The van der Waals surface area contributed by atoms with Crippen LogP contribution in [0.25, 0.3) is 0 Å². The number of aliphatic imine (C=N–C) groups is 1. The molecule has 2 N–H and O–H groups in total. The molecule has 0 aromatic heterocycles. The summed E-state index contributed by atoms with van der Waals surface area (Å²) in [6, 6.07) is 10.1. The molecule has 0 amide bonds. The average molecular weight is 376 g/mol. The molecule has 150 valence electrons. The zero-order valence-corrected chi connectivity index (χ0v) is 16.6. The van der Waals surface area contributed by atoms with E-state index in [1.807, 2.05) is 37.3 Å². The lowest BCUT2D eigenvalue weighted by molar-refractivity contribution is 0.00105. The van der Waals surface area contributed by atoms with Gasteiger partial charge in [0.15, 0.2) is 5.96 Å². The van der Waals surface area contributed by atoms with Crippen LogP contribution in [0.15, 0.2) is 35.3 Å². The van der Waals surface area contributed by atoms with E-state index in [1.165, 1.54) is 0 Å². The first-order valence-corrected chi connectivity index (χ1v) is 10.1. The number of aliphatic hydroxyl groups excluding tert-OH is 1. The summed E-state index contributed by atoms with van der Waals surface area (Å²) in [6.07, 6.45) is 1.63. The van der Waals surface area contributed by atoms with E-state index in [0.29, 0.717) is 12.0 Å². The zero-order valence-electron chi connectivity index (χ0n) is 16.6. The molecule has 2 fully saturated rings. The Hall–Kier alpha value is -1.63. The number of likely N-dealkylation sites (tertiary alicyclic amines) is 1. The van der Waals surface area contributed by atoms with Crippen molar-refractivity contribution < 1.29 is 14.6 Å². The van der Waals surface area contributed by atoms with Gasteiger partial charge >= 0.3 is 0 Å². The van der Waals surface area contributed by atoms with E-state index < -0.39 is 6.10 Å². The summed E-state index contributed by atoms with van der Waals surface area (Å²) in [6.45, 7) is 9.21. The highest BCUT2D eigenvalue weighted by molar-refractivity contribution is 5.80. The number of hydrogen-bond acceptors (Lipinski definition) is 4. The van der Waals surface area contributed by atoms with Crippen LogP contribution in [0.4, 0.5) is 0 Å². The summed E-state index contributed by atoms with van der Waals surface area (Å²) in [5.74, 6) is 0.886. The molecular formula is C21H33N3O3.